The summed E-state index contributed by atoms with van der Waals surface area (Å²) >= 11 is 0. The van der Waals surface area contributed by atoms with Gasteiger partial charge in [-0.15, -0.1) is 0 Å². The molecule has 1 aromatic carbocycles. The molecule has 0 amide bonds. The molecule has 0 saturated heterocycles. The van der Waals surface area contributed by atoms with Crippen LogP contribution in [0.4, 0.5) is 5.69 Å². The van der Waals surface area contributed by atoms with E-state index in [1.54, 1.807) is 0 Å². The van der Waals surface area contributed by atoms with Gasteiger partial charge in [-0.05, 0) is 48.3 Å². The van der Waals surface area contributed by atoms with Gasteiger partial charge >= 0.3 is 0 Å². The normalized spacial score (nSPS) is 21.0. The molecule has 0 radical (unpaired) electrons. The fourth-order valence-electron chi connectivity index (χ4n) is 2.73. The number of hydrogen-bond donors (Lipinski definition) is 1. The van der Waals surface area contributed by atoms with Crippen molar-refractivity contribution in [1.29, 1.82) is 0 Å². The molecule has 0 spiro atoms. The van der Waals surface area contributed by atoms with Crippen LogP contribution in [0.25, 0.3) is 0 Å². The SMILES string of the molecule is CN1CCc2cc(CC3(CO)CC3)ccc21. The number of benzene rings is 1. The van der Waals surface area contributed by atoms with Gasteiger partial charge in [0, 0.05) is 25.9 Å². The lowest BCUT2D eigenvalue weighted by molar-refractivity contribution is 0.211. The molecule has 2 nitrogen and oxygen atoms in total. The van der Waals surface area contributed by atoms with Crippen molar-refractivity contribution >= 4 is 5.69 Å². The van der Waals surface area contributed by atoms with Crippen molar-refractivity contribution in [3.8, 4) is 0 Å². The monoisotopic (exact) mass is 217 g/mol. The average molecular weight is 217 g/mol. The number of fused-ring (bicyclic) bond motifs is 1. The first-order valence-electron chi connectivity index (χ1n) is 6.16. The Morgan fingerprint density at radius 2 is 2.19 bits per heavy atom. The third-order valence-corrected chi connectivity index (χ3v) is 4.14. The quantitative estimate of drug-likeness (QED) is 0.837. The van der Waals surface area contributed by atoms with E-state index in [1.165, 1.54) is 36.1 Å². The van der Waals surface area contributed by atoms with Crippen molar-refractivity contribution in [2.45, 2.75) is 25.7 Å². The Kier molecular flexibility index (Phi) is 2.21. The second-order valence-electron chi connectivity index (χ2n) is 5.47. The molecule has 16 heavy (non-hydrogen) atoms. The molecule has 1 aliphatic carbocycles. The Morgan fingerprint density at radius 3 is 2.88 bits per heavy atom. The molecule has 0 unspecified atom stereocenters. The molecule has 0 aromatic heterocycles. The molecule has 2 heteroatoms. The first-order valence-corrected chi connectivity index (χ1v) is 6.16. The van der Waals surface area contributed by atoms with Crippen molar-refractivity contribution in [3.63, 3.8) is 0 Å². The first-order chi connectivity index (χ1) is 7.72. The highest BCUT2D eigenvalue weighted by atomic mass is 16.3. The number of hydrogen-bond acceptors (Lipinski definition) is 2. The molecule has 1 fully saturated rings. The van der Waals surface area contributed by atoms with Gasteiger partial charge in [-0.1, -0.05) is 12.1 Å². The van der Waals surface area contributed by atoms with Crippen LogP contribution in [0, 0.1) is 5.41 Å². The predicted octanol–water partition coefficient (Wildman–Crippen LogP) is 1.99. The first kappa shape index (κ1) is 10.2. The summed E-state index contributed by atoms with van der Waals surface area (Å²) in [7, 11) is 2.15. The van der Waals surface area contributed by atoms with Crippen molar-refractivity contribution in [3.05, 3.63) is 29.3 Å². The Hall–Kier alpha value is -1.02. The van der Waals surface area contributed by atoms with Gasteiger partial charge in [-0.3, -0.25) is 0 Å². The fourth-order valence-corrected chi connectivity index (χ4v) is 2.73. The van der Waals surface area contributed by atoms with Gasteiger partial charge in [0.1, 0.15) is 0 Å². The summed E-state index contributed by atoms with van der Waals surface area (Å²) in [6.45, 7) is 1.49. The molecule has 0 atom stereocenters. The minimum atomic E-state index is 0.235. The number of aliphatic hydroxyl groups is 1. The van der Waals surface area contributed by atoms with E-state index in [2.05, 4.69) is 30.1 Å². The van der Waals surface area contributed by atoms with Crippen LogP contribution in [0.1, 0.15) is 24.0 Å². The van der Waals surface area contributed by atoms with Gasteiger partial charge in [0.2, 0.25) is 0 Å². The van der Waals surface area contributed by atoms with Crippen LogP contribution >= 0.6 is 0 Å². The van der Waals surface area contributed by atoms with E-state index >= 15 is 0 Å². The third-order valence-electron chi connectivity index (χ3n) is 4.14. The summed E-state index contributed by atoms with van der Waals surface area (Å²) < 4.78 is 0. The molecule has 1 N–H and O–H groups in total. The standard InChI is InChI=1S/C14H19NO/c1-15-7-4-12-8-11(2-3-13(12)15)9-14(10-16)5-6-14/h2-3,8,16H,4-7,9-10H2,1H3. The Labute approximate surface area is 96.9 Å². The van der Waals surface area contributed by atoms with Crippen molar-refractivity contribution in [2.24, 2.45) is 5.41 Å². The Morgan fingerprint density at radius 1 is 1.38 bits per heavy atom. The molecular formula is C14H19NO. The van der Waals surface area contributed by atoms with Gasteiger partial charge in [-0.2, -0.15) is 0 Å². The fraction of sp³-hybridized carbons (Fsp3) is 0.571. The zero-order chi connectivity index (χ0) is 11.2. The summed E-state index contributed by atoms with van der Waals surface area (Å²) in [6.07, 6.45) is 4.62. The average Bonchev–Trinajstić information content (AvgIpc) is 2.98. The van der Waals surface area contributed by atoms with Crippen molar-refractivity contribution in [2.75, 3.05) is 25.1 Å². The van der Waals surface area contributed by atoms with Gasteiger partial charge in [0.25, 0.3) is 0 Å². The minimum absolute atomic E-state index is 0.235. The molecular weight excluding hydrogens is 198 g/mol. The largest absolute Gasteiger partial charge is 0.396 e. The zero-order valence-electron chi connectivity index (χ0n) is 9.87. The van der Waals surface area contributed by atoms with E-state index in [4.69, 9.17) is 0 Å². The Bertz CT molecular complexity index is 409. The van der Waals surface area contributed by atoms with E-state index in [0.29, 0.717) is 6.61 Å². The van der Waals surface area contributed by atoms with Gasteiger partial charge in [0.05, 0.1) is 0 Å². The maximum absolute atomic E-state index is 9.35. The second kappa shape index (κ2) is 3.49. The van der Waals surface area contributed by atoms with Crippen molar-refractivity contribution in [1.82, 2.24) is 0 Å². The van der Waals surface area contributed by atoms with Gasteiger partial charge in [-0.25, -0.2) is 0 Å². The topological polar surface area (TPSA) is 23.5 Å². The molecule has 1 saturated carbocycles. The molecule has 2 aliphatic rings. The van der Waals surface area contributed by atoms with Crippen molar-refractivity contribution < 1.29 is 5.11 Å². The van der Waals surface area contributed by atoms with E-state index in [-0.39, 0.29) is 5.41 Å². The number of aliphatic hydroxyl groups excluding tert-OH is 1. The minimum Gasteiger partial charge on any atom is -0.396 e. The van der Waals surface area contributed by atoms with Crippen LogP contribution in [0.15, 0.2) is 18.2 Å². The Balaban J connectivity index is 1.82. The van der Waals surface area contributed by atoms with Gasteiger partial charge in [0.15, 0.2) is 0 Å². The highest BCUT2D eigenvalue weighted by molar-refractivity contribution is 5.58. The lowest BCUT2D eigenvalue weighted by Gasteiger charge is -2.14. The smallest absolute Gasteiger partial charge is 0.0490 e. The highest BCUT2D eigenvalue weighted by Gasteiger charge is 2.41. The summed E-state index contributed by atoms with van der Waals surface area (Å²) in [6, 6.07) is 6.82. The molecule has 1 aliphatic heterocycles. The number of likely N-dealkylation sites (N-methyl/N-ethyl adjacent to an activating group) is 1. The molecule has 3 rings (SSSR count). The van der Waals surface area contributed by atoms with E-state index < -0.39 is 0 Å². The van der Waals surface area contributed by atoms with Crippen LogP contribution in [0.2, 0.25) is 0 Å². The van der Waals surface area contributed by atoms with Crippen LogP contribution < -0.4 is 4.90 Å². The van der Waals surface area contributed by atoms with Crippen LogP contribution in [0.5, 0.6) is 0 Å². The lowest BCUT2D eigenvalue weighted by atomic mass is 9.95. The van der Waals surface area contributed by atoms with Crippen LogP contribution in [0.3, 0.4) is 0 Å². The summed E-state index contributed by atoms with van der Waals surface area (Å²) in [4.78, 5) is 2.32. The highest BCUT2D eigenvalue weighted by Crippen LogP contribution is 2.48. The number of nitrogens with zero attached hydrogens (tertiary/aromatic N) is 1. The van der Waals surface area contributed by atoms with E-state index in [0.717, 1.165) is 13.0 Å². The summed E-state index contributed by atoms with van der Waals surface area (Å²) in [5, 5.41) is 9.35. The van der Waals surface area contributed by atoms with Crippen LogP contribution in [-0.4, -0.2) is 25.3 Å². The van der Waals surface area contributed by atoms with E-state index in [1.807, 2.05) is 0 Å². The predicted molar refractivity (Wildman–Crippen MR) is 65.9 cm³/mol. The maximum atomic E-state index is 9.35. The molecule has 86 valence electrons. The summed E-state index contributed by atoms with van der Waals surface area (Å²) in [5.41, 5.74) is 4.51. The third kappa shape index (κ3) is 1.61. The van der Waals surface area contributed by atoms with Gasteiger partial charge < -0.3 is 10.0 Å². The summed E-state index contributed by atoms with van der Waals surface area (Å²) in [5.74, 6) is 0. The number of anilines is 1. The zero-order valence-corrected chi connectivity index (χ0v) is 9.87. The molecule has 1 heterocycles. The molecule has 0 bridgehead atoms. The lowest BCUT2D eigenvalue weighted by Crippen LogP contribution is -2.12. The van der Waals surface area contributed by atoms with E-state index in [9.17, 15) is 5.11 Å². The molecule has 1 aromatic rings. The van der Waals surface area contributed by atoms with Crippen LogP contribution in [-0.2, 0) is 12.8 Å². The second-order valence-corrected chi connectivity index (χ2v) is 5.47. The number of rotatable bonds is 3. The maximum Gasteiger partial charge on any atom is 0.0490 e.